The van der Waals surface area contributed by atoms with Gasteiger partial charge in [0.2, 0.25) is 0 Å². The smallest absolute Gasteiger partial charge is 0.124 e. The van der Waals surface area contributed by atoms with Gasteiger partial charge in [-0.3, -0.25) is 4.90 Å². The lowest BCUT2D eigenvalue weighted by atomic mass is 10.1. The summed E-state index contributed by atoms with van der Waals surface area (Å²) in [5.74, 6) is 5.52. The second kappa shape index (κ2) is 8.68. The molecule has 0 bridgehead atoms. The maximum Gasteiger partial charge on any atom is 0.124 e. The van der Waals surface area contributed by atoms with Crippen LogP contribution in [-0.4, -0.2) is 24.5 Å². The molecule has 0 heterocycles. The highest BCUT2D eigenvalue weighted by molar-refractivity contribution is 5.41. The molecule has 19 heavy (non-hydrogen) atoms. The summed E-state index contributed by atoms with van der Waals surface area (Å²) in [6, 6.07) is 4.82. The minimum absolute atomic E-state index is 0.248. The Hall–Kier alpha value is -1.37. The molecule has 1 rings (SSSR count). The van der Waals surface area contributed by atoms with E-state index in [9.17, 15) is 4.39 Å². The van der Waals surface area contributed by atoms with Crippen LogP contribution in [-0.2, 0) is 6.54 Å². The standard InChI is InChI=1S/C16H23FN2/c1-3-10-19(11-4-2)13-15-7-8-16(17)12-14(15)6-5-9-18/h7-8,12H,3-4,9-11,13,18H2,1-2H3. The zero-order valence-electron chi connectivity index (χ0n) is 11.9. The normalized spacial score (nSPS) is 10.4. The minimum atomic E-state index is -0.248. The van der Waals surface area contributed by atoms with E-state index in [-0.39, 0.29) is 5.82 Å². The largest absolute Gasteiger partial charge is 0.320 e. The second-order valence-electron chi connectivity index (χ2n) is 4.58. The van der Waals surface area contributed by atoms with Gasteiger partial charge < -0.3 is 5.73 Å². The number of hydrogen-bond donors (Lipinski definition) is 1. The van der Waals surface area contributed by atoms with Crippen LogP contribution in [0, 0.1) is 17.7 Å². The van der Waals surface area contributed by atoms with Crippen molar-refractivity contribution in [3.63, 3.8) is 0 Å². The first kappa shape index (κ1) is 15.7. The molecule has 3 heteroatoms. The Kier molecular flexibility index (Phi) is 7.17. The van der Waals surface area contributed by atoms with Gasteiger partial charge in [-0.05, 0) is 43.6 Å². The van der Waals surface area contributed by atoms with Gasteiger partial charge in [-0.25, -0.2) is 4.39 Å². The highest BCUT2D eigenvalue weighted by atomic mass is 19.1. The summed E-state index contributed by atoms with van der Waals surface area (Å²) in [6.45, 7) is 7.55. The average Bonchev–Trinajstić information content (AvgIpc) is 2.39. The van der Waals surface area contributed by atoms with Crippen LogP contribution >= 0.6 is 0 Å². The SMILES string of the molecule is CCCN(CCC)Cc1ccc(F)cc1C#CCN. The fourth-order valence-corrected chi connectivity index (χ4v) is 2.09. The summed E-state index contributed by atoms with van der Waals surface area (Å²) in [6.07, 6.45) is 2.23. The lowest BCUT2D eigenvalue weighted by molar-refractivity contribution is 0.266. The molecule has 0 unspecified atom stereocenters. The van der Waals surface area contributed by atoms with E-state index < -0.39 is 0 Å². The van der Waals surface area contributed by atoms with Crippen LogP contribution < -0.4 is 5.73 Å². The van der Waals surface area contributed by atoms with Crippen molar-refractivity contribution in [1.29, 1.82) is 0 Å². The number of rotatable bonds is 6. The summed E-state index contributed by atoms with van der Waals surface area (Å²) in [5.41, 5.74) is 7.21. The molecule has 0 aliphatic heterocycles. The molecule has 0 radical (unpaired) electrons. The van der Waals surface area contributed by atoms with Crippen LogP contribution in [0.4, 0.5) is 4.39 Å². The van der Waals surface area contributed by atoms with E-state index in [1.165, 1.54) is 12.1 Å². The number of halogens is 1. The molecule has 0 spiro atoms. The van der Waals surface area contributed by atoms with Gasteiger partial charge in [-0.15, -0.1) is 0 Å². The Morgan fingerprint density at radius 2 is 1.89 bits per heavy atom. The monoisotopic (exact) mass is 262 g/mol. The van der Waals surface area contributed by atoms with Crippen molar-refractivity contribution in [3.8, 4) is 11.8 Å². The predicted molar refractivity (Wildman–Crippen MR) is 78.2 cm³/mol. The van der Waals surface area contributed by atoms with Gasteiger partial charge in [0.05, 0.1) is 6.54 Å². The molecule has 0 aliphatic carbocycles. The molecule has 1 aromatic carbocycles. The summed E-state index contributed by atoms with van der Waals surface area (Å²) in [4.78, 5) is 2.38. The Balaban J connectivity index is 2.91. The van der Waals surface area contributed by atoms with E-state index >= 15 is 0 Å². The molecule has 2 N–H and O–H groups in total. The Bertz CT molecular complexity index is 440. The first-order valence-corrected chi connectivity index (χ1v) is 6.91. The minimum Gasteiger partial charge on any atom is -0.320 e. The van der Waals surface area contributed by atoms with Gasteiger partial charge in [0, 0.05) is 12.1 Å². The molecule has 104 valence electrons. The maximum atomic E-state index is 13.3. The number of benzene rings is 1. The third kappa shape index (κ3) is 5.42. The van der Waals surface area contributed by atoms with Crippen LogP contribution in [0.15, 0.2) is 18.2 Å². The fraction of sp³-hybridized carbons (Fsp3) is 0.500. The highest BCUT2D eigenvalue weighted by Crippen LogP contribution is 2.13. The third-order valence-corrected chi connectivity index (χ3v) is 2.87. The van der Waals surface area contributed by atoms with E-state index in [1.54, 1.807) is 0 Å². The molecule has 1 aromatic rings. The molecule has 0 atom stereocenters. The summed E-state index contributed by atoms with van der Waals surface area (Å²) < 4.78 is 13.3. The lowest BCUT2D eigenvalue weighted by Crippen LogP contribution is -2.25. The Morgan fingerprint density at radius 1 is 1.21 bits per heavy atom. The zero-order valence-corrected chi connectivity index (χ0v) is 11.9. The van der Waals surface area contributed by atoms with Crippen molar-refractivity contribution in [1.82, 2.24) is 4.90 Å². The van der Waals surface area contributed by atoms with Crippen LogP contribution in [0.25, 0.3) is 0 Å². The van der Waals surface area contributed by atoms with Gasteiger partial charge >= 0.3 is 0 Å². The Morgan fingerprint density at radius 3 is 2.47 bits per heavy atom. The molecule has 0 amide bonds. The number of nitrogens with two attached hydrogens (primary N) is 1. The number of nitrogens with zero attached hydrogens (tertiary/aromatic N) is 1. The first-order chi connectivity index (χ1) is 9.21. The third-order valence-electron chi connectivity index (χ3n) is 2.87. The summed E-state index contributed by atoms with van der Waals surface area (Å²) in [5, 5.41) is 0. The summed E-state index contributed by atoms with van der Waals surface area (Å²) in [7, 11) is 0. The molecule has 0 saturated carbocycles. The van der Waals surface area contributed by atoms with Crippen molar-refractivity contribution >= 4 is 0 Å². The average molecular weight is 262 g/mol. The highest BCUT2D eigenvalue weighted by Gasteiger charge is 2.08. The van der Waals surface area contributed by atoms with Crippen molar-refractivity contribution in [2.75, 3.05) is 19.6 Å². The van der Waals surface area contributed by atoms with E-state index in [0.29, 0.717) is 6.54 Å². The lowest BCUT2D eigenvalue weighted by Gasteiger charge is -2.21. The quantitative estimate of drug-likeness (QED) is 0.799. The van der Waals surface area contributed by atoms with E-state index in [4.69, 9.17) is 5.73 Å². The second-order valence-corrected chi connectivity index (χ2v) is 4.58. The van der Waals surface area contributed by atoms with Gasteiger partial charge in [-0.1, -0.05) is 31.8 Å². The van der Waals surface area contributed by atoms with Crippen molar-refractivity contribution in [2.45, 2.75) is 33.2 Å². The summed E-state index contributed by atoms with van der Waals surface area (Å²) >= 11 is 0. The molecule has 0 saturated heterocycles. The molecule has 0 aromatic heterocycles. The molecule has 2 nitrogen and oxygen atoms in total. The molecular weight excluding hydrogens is 239 g/mol. The maximum absolute atomic E-state index is 13.3. The van der Waals surface area contributed by atoms with Gasteiger partial charge in [0.15, 0.2) is 0 Å². The van der Waals surface area contributed by atoms with Crippen LogP contribution in [0.3, 0.4) is 0 Å². The molecule has 0 fully saturated rings. The molecular formula is C16H23FN2. The van der Waals surface area contributed by atoms with Crippen LogP contribution in [0.2, 0.25) is 0 Å². The van der Waals surface area contributed by atoms with Crippen molar-refractivity contribution in [3.05, 3.63) is 35.1 Å². The van der Waals surface area contributed by atoms with Crippen LogP contribution in [0.5, 0.6) is 0 Å². The van der Waals surface area contributed by atoms with Gasteiger partial charge in [-0.2, -0.15) is 0 Å². The van der Waals surface area contributed by atoms with Crippen molar-refractivity contribution in [2.24, 2.45) is 5.73 Å². The van der Waals surface area contributed by atoms with Crippen molar-refractivity contribution < 1.29 is 4.39 Å². The predicted octanol–water partition coefficient (Wildman–Crippen LogP) is 2.76. The van der Waals surface area contributed by atoms with E-state index in [0.717, 1.165) is 43.6 Å². The fourth-order valence-electron chi connectivity index (χ4n) is 2.09. The Labute approximate surface area is 115 Å². The number of hydrogen-bond acceptors (Lipinski definition) is 2. The van der Waals surface area contributed by atoms with E-state index in [2.05, 4.69) is 30.6 Å². The first-order valence-electron chi connectivity index (χ1n) is 6.91. The van der Waals surface area contributed by atoms with E-state index in [1.807, 2.05) is 6.07 Å². The topological polar surface area (TPSA) is 29.3 Å². The van der Waals surface area contributed by atoms with Gasteiger partial charge in [0.1, 0.15) is 5.82 Å². The van der Waals surface area contributed by atoms with Crippen LogP contribution in [0.1, 0.15) is 37.8 Å². The zero-order chi connectivity index (χ0) is 14.1. The molecule has 0 aliphatic rings. The van der Waals surface area contributed by atoms with Gasteiger partial charge in [0.25, 0.3) is 0 Å².